The van der Waals surface area contributed by atoms with Gasteiger partial charge in [-0.25, -0.2) is 13.2 Å². The van der Waals surface area contributed by atoms with E-state index < -0.39 is 10.0 Å². The van der Waals surface area contributed by atoms with Crippen molar-refractivity contribution in [2.75, 3.05) is 45.8 Å². The molecular weight excluding hydrogens is 426 g/mol. The quantitative estimate of drug-likeness (QED) is 0.717. The molecular formula is C23H31N5O3S. The lowest BCUT2D eigenvalue weighted by molar-refractivity contribution is 0.152. The van der Waals surface area contributed by atoms with Crippen molar-refractivity contribution in [1.82, 2.24) is 24.4 Å². The topological polar surface area (TPSA) is 85.9 Å². The Morgan fingerprint density at radius 3 is 2.53 bits per heavy atom. The predicted octanol–water partition coefficient (Wildman–Crippen LogP) is 2.01. The maximum Gasteiger partial charge on any atom is 0.317 e. The maximum absolute atomic E-state index is 12.7. The molecule has 9 heteroatoms. The normalized spacial score (nSPS) is 20.8. The van der Waals surface area contributed by atoms with E-state index in [1.807, 2.05) is 6.07 Å². The molecule has 0 spiro atoms. The Morgan fingerprint density at radius 2 is 1.81 bits per heavy atom. The Hall–Kier alpha value is -2.49. The molecule has 2 aliphatic rings. The van der Waals surface area contributed by atoms with Crippen LogP contribution in [0, 0.1) is 5.92 Å². The van der Waals surface area contributed by atoms with Crippen molar-refractivity contribution in [3.8, 4) is 0 Å². The minimum absolute atomic E-state index is 0.108. The van der Waals surface area contributed by atoms with E-state index in [0.717, 1.165) is 32.5 Å². The molecule has 1 unspecified atom stereocenters. The largest absolute Gasteiger partial charge is 0.338 e. The van der Waals surface area contributed by atoms with Gasteiger partial charge in [-0.15, -0.1) is 0 Å². The number of rotatable bonds is 6. The molecule has 0 aliphatic carbocycles. The fourth-order valence-corrected chi connectivity index (χ4v) is 5.81. The minimum Gasteiger partial charge on any atom is -0.338 e. The molecule has 3 heterocycles. The summed E-state index contributed by atoms with van der Waals surface area (Å²) >= 11 is 0. The van der Waals surface area contributed by atoms with Gasteiger partial charge in [-0.2, -0.15) is 4.31 Å². The number of piperidine rings is 1. The Labute approximate surface area is 190 Å². The van der Waals surface area contributed by atoms with E-state index in [1.54, 1.807) is 23.2 Å². The molecule has 4 rings (SSSR count). The molecule has 0 radical (unpaired) electrons. The highest BCUT2D eigenvalue weighted by molar-refractivity contribution is 7.89. The highest BCUT2D eigenvalue weighted by Crippen LogP contribution is 2.19. The van der Waals surface area contributed by atoms with Gasteiger partial charge in [0.15, 0.2) is 0 Å². The minimum atomic E-state index is -3.57. The molecule has 2 amide bonds. The van der Waals surface area contributed by atoms with Crippen LogP contribution in [0.3, 0.4) is 0 Å². The van der Waals surface area contributed by atoms with Crippen LogP contribution >= 0.6 is 0 Å². The van der Waals surface area contributed by atoms with Crippen LogP contribution in [-0.4, -0.2) is 79.4 Å². The number of sulfonamides is 1. The third-order valence-electron chi connectivity index (χ3n) is 6.19. The van der Waals surface area contributed by atoms with E-state index in [9.17, 15) is 13.2 Å². The highest BCUT2D eigenvalue weighted by Gasteiger charge is 2.30. The zero-order valence-corrected chi connectivity index (χ0v) is 19.1. The summed E-state index contributed by atoms with van der Waals surface area (Å²) in [5, 5.41) is 3.07. The summed E-state index contributed by atoms with van der Waals surface area (Å²) in [6, 6.07) is 13.5. The number of piperazine rings is 1. The molecule has 0 bridgehead atoms. The average molecular weight is 458 g/mol. The maximum atomic E-state index is 12.7. The lowest BCUT2D eigenvalue weighted by Gasteiger charge is -2.35. The molecule has 1 atom stereocenters. The van der Waals surface area contributed by atoms with Gasteiger partial charge in [0, 0.05) is 58.2 Å². The van der Waals surface area contributed by atoms with Crippen LogP contribution in [0.25, 0.3) is 0 Å². The highest BCUT2D eigenvalue weighted by atomic mass is 32.2. The van der Waals surface area contributed by atoms with E-state index in [0.29, 0.717) is 38.6 Å². The van der Waals surface area contributed by atoms with Gasteiger partial charge in [-0.3, -0.25) is 9.88 Å². The van der Waals surface area contributed by atoms with E-state index >= 15 is 0 Å². The van der Waals surface area contributed by atoms with Crippen molar-refractivity contribution in [3.05, 3.63) is 60.4 Å². The van der Waals surface area contributed by atoms with Crippen LogP contribution < -0.4 is 5.32 Å². The third-order valence-corrected chi connectivity index (χ3v) is 8.07. The fourth-order valence-electron chi connectivity index (χ4n) is 4.43. The molecule has 1 N–H and O–H groups in total. The summed E-state index contributed by atoms with van der Waals surface area (Å²) in [7, 11) is -3.57. The molecule has 2 aliphatic heterocycles. The first kappa shape index (κ1) is 22.7. The standard InChI is InChI=1S/C23H31N5O3S/c29-23(25-16-21-8-5-11-26(19-21)18-20-6-2-1-3-7-20)27-12-14-28(15-13-27)32(30,31)22-9-4-10-24-17-22/h1-4,6-7,9-10,17,21H,5,8,11-16,18-19H2,(H,25,29). The number of aromatic nitrogens is 1. The van der Waals surface area contributed by atoms with Gasteiger partial charge in [0.2, 0.25) is 10.0 Å². The van der Waals surface area contributed by atoms with Crippen LogP contribution in [0.4, 0.5) is 4.79 Å². The Bertz CT molecular complexity index is 979. The summed E-state index contributed by atoms with van der Waals surface area (Å²) in [5.41, 5.74) is 1.32. The van der Waals surface area contributed by atoms with Crippen LogP contribution in [0.1, 0.15) is 18.4 Å². The van der Waals surface area contributed by atoms with Gasteiger partial charge in [0.25, 0.3) is 0 Å². The predicted molar refractivity (Wildman–Crippen MR) is 122 cm³/mol. The van der Waals surface area contributed by atoms with Gasteiger partial charge in [-0.05, 0) is 43.0 Å². The summed E-state index contributed by atoms with van der Waals surface area (Å²) in [4.78, 5) is 20.9. The number of hydrogen-bond acceptors (Lipinski definition) is 5. The SMILES string of the molecule is O=C(NCC1CCCN(Cc2ccccc2)C1)N1CCN(S(=O)(=O)c2cccnc2)CC1. The molecule has 32 heavy (non-hydrogen) atoms. The molecule has 0 saturated carbocycles. The van der Waals surface area contributed by atoms with Gasteiger partial charge < -0.3 is 10.2 Å². The Morgan fingerprint density at radius 1 is 1.03 bits per heavy atom. The zero-order chi connectivity index (χ0) is 22.4. The van der Waals surface area contributed by atoms with Crippen molar-refractivity contribution in [3.63, 3.8) is 0 Å². The number of likely N-dealkylation sites (tertiary alicyclic amines) is 1. The third kappa shape index (κ3) is 5.65. The second kappa shape index (κ2) is 10.4. The van der Waals surface area contributed by atoms with Gasteiger partial charge in [0.05, 0.1) is 0 Å². The number of pyridine rings is 1. The molecule has 2 fully saturated rings. The number of nitrogens with zero attached hydrogens (tertiary/aromatic N) is 4. The van der Waals surface area contributed by atoms with Gasteiger partial charge >= 0.3 is 6.03 Å². The summed E-state index contributed by atoms with van der Waals surface area (Å²) in [5.74, 6) is 0.434. The van der Waals surface area contributed by atoms with Crippen molar-refractivity contribution in [2.45, 2.75) is 24.3 Å². The van der Waals surface area contributed by atoms with Crippen molar-refractivity contribution in [2.24, 2.45) is 5.92 Å². The Kier molecular flexibility index (Phi) is 7.39. The van der Waals surface area contributed by atoms with Gasteiger partial charge in [-0.1, -0.05) is 30.3 Å². The van der Waals surface area contributed by atoms with E-state index in [-0.39, 0.29) is 10.9 Å². The first-order valence-corrected chi connectivity index (χ1v) is 12.7. The average Bonchev–Trinajstić information content (AvgIpc) is 2.84. The number of carbonyl (C=O) groups excluding carboxylic acids is 1. The van der Waals surface area contributed by atoms with Crippen molar-refractivity contribution >= 4 is 16.1 Å². The number of nitrogens with one attached hydrogen (secondary N) is 1. The van der Waals surface area contributed by atoms with Crippen LogP contribution in [0.2, 0.25) is 0 Å². The zero-order valence-electron chi connectivity index (χ0n) is 18.3. The second-order valence-corrected chi connectivity index (χ2v) is 10.4. The molecule has 8 nitrogen and oxygen atoms in total. The van der Waals surface area contributed by atoms with E-state index in [4.69, 9.17) is 0 Å². The number of benzene rings is 1. The first-order valence-electron chi connectivity index (χ1n) is 11.2. The molecule has 2 saturated heterocycles. The van der Waals surface area contributed by atoms with Crippen molar-refractivity contribution < 1.29 is 13.2 Å². The van der Waals surface area contributed by atoms with E-state index in [2.05, 4.69) is 39.5 Å². The molecule has 1 aromatic heterocycles. The smallest absolute Gasteiger partial charge is 0.317 e. The fraction of sp³-hybridized carbons (Fsp3) is 0.478. The summed E-state index contributed by atoms with van der Waals surface area (Å²) in [6.45, 7) is 5.01. The number of amides is 2. The van der Waals surface area contributed by atoms with Crippen LogP contribution in [0.15, 0.2) is 59.8 Å². The number of urea groups is 1. The number of carbonyl (C=O) groups is 1. The van der Waals surface area contributed by atoms with Gasteiger partial charge in [0.1, 0.15) is 4.90 Å². The summed E-state index contributed by atoms with van der Waals surface area (Å²) in [6.07, 6.45) is 5.16. The van der Waals surface area contributed by atoms with Crippen LogP contribution in [0.5, 0.6) is 0 Å². The Balaban J connectivity index is 1.22. The van der Waals surface area contributed by atoms with Crippen LogP contribution in [-0.2, 0) is 16.6 Å². The number of hydrogen-bond donors (Lipinski definition) is 1. The van der Waals surface area contributed by atoms with E-state index in [1.165, 1.54) is 16.1 Å². The molecule has 172 valence electrons. The first-order chi connectivity index (χ1) is 15.5. The lowest BCUT2D eigenvalue weighted by atomic mass is 9.97. The molecule has 2 aromatic rings. The second-order valence-electron chi connectivity index (χ2n) is 8.49. The monoisotopic (exact) mass is 457 g/mol. The lowest BCUT2D eigenvalue weighted by Crippen LogP contribution is -2.54. The summed E-state index contributed by atoms with van der Waals surface area (Å²) < 4.78 is 26.9. The van der Waals surface area contributed by atoms with Crippen molar-refractivity contribution in [1.29, 1.82) is 0 Å². The molecule has 1 aromatic carbocycles.